The first kappa shape index (κ1) is 31.6. The van der Waals surface area contributed by atoms with E-state index >= 15 is 0 Å². The van der Waals surface area contributed by atoms with Crippen molar-refractivity contribution in [3.63, 3.8) is 0 Å². The van der Waals surface area contributed by atoms with Gasteiger partial charge >= 0.3 is 0 Å². The highest BCUT2D eigenvalue weighted by molar-refractivity contribution is 8.40. The van der Waals surface area contributed by atoms with Crippen LogP contribution in [0, 0.1) is 5.92 Å². The van der Waals surface area contributed by atoms with Gasteiger partial charge in [-0.05, 0) is 118 Å². The summed E-state index contributed by atoms with van der Waals surface area (Å²) in [6.45, 7) is 2.42. The molecule has 0 bridgehead atoms. The first-order chi connectivity index (χ1) is 25.7. The molecule has 0 saturated carbocycles. The molecule has 10 rings (SSSR count). The smallest absolute Gasteiger partial charge is 0.0537 e. The van der Waals surface area contributed by atoms with Crippen molar-refractivity contribution >= 4 is 64.1 Å². The number of hydrogen-bond acceptors (Lipinski definition) is 1. The van der Waals surface area contributed by atoms with E-state index in [1.165, 1.54) is 73.9 Å². The third-order valence-corrected chi connectivity index (χ3v) is 16.9. The van der Waals surface area contributed by atoms with Crippen molar-refractivity contribution in [2.75, 3.05) is 0 Å². The molecule has 0 spiro atoms. The molecule has 3 heteroatoms. The van der Waals surface area contributed by atoms with Crippen molar-refractivity contribution in [2.45, 2.75) is 42.8 Å². The minimum Gasteiger partial charge on any atom is -0.310 e. The summed E-state index contributed by atoms with van der Waals surface area (Å²) < 4.78 is 5.21. The Morgan fingerprint density at radius 3 is 2.25 bits per heavy atom. The number of allylic oxidation sites excluding steroid dienone is 6. The third-order valence-electron chi connectivity index (χ3n) is 11.4. The fourth-order valence-corrected chi connectivity index (χ4v) is 14.6. The lowest BCUT2D eigenvalue weighted by atomic mass is 9.88. The van der Waals surface area contributed by atoms with Crippen molar-refractivity contribution in [3.05, 3.63) is 190 Å². The van der Waals surface area contributed by atoms with Gasteiger partial charge in [0.25, 0.3) is 0 Å². The molecule has 2 heterocycles. The lowest BCUT2D eigenvalue weighted by molar-refractivity contribution is 0.757. The second-order valence-electron chi connectivity index (χ2n) is 14.4. The molecule has 0 fully saturated rings. The van der Waals surface area contributed by atoms with E-state index in [1.54, 1.807) is 0 Å². The highest BCUT2D eigenvalue weighted by Crippen LogP contribution is 2.74. The maximum absolute atomic E-state index is 2.63. The molecule has 0 aliphatic heterocycles. The summed E-state index contributed by atoms with van der Waals surface area (Å²) in [5.74, 6) is 0.441. The van der Waals surface area contributed by atoms with Crippen LogP contribution in [0.15, 0.2) is 179 Å². The van der Waals surface area contributed by atoms with Crippen LogP contribution in [0.25, 0.3) is 48.4 Å². The minimum atomic E-state index is -1.71. The number of hydrogen-bond donors (Lipinski definition) is 0. The monoisotopic (exact) mass is 707 g/mol. The summed E-state index contributed by atoms with van der Waals surface area (Å²) in [5.41, 5.74) is 8.10. The lowest BCUT2D eigenvalue weighted by Crippen LogP contribution is -2.26. The van der Waals surface area contributed by atoms with Gasteiger partial charge in [0.05, 0.1) is 5.52 Å². The third kappa shape index (κ3) is 4.98. The average molecular weight is 708 g/mol. The second kappa shape index (κ2) is 12.8. The Balaban J connectivity index is 1.17. The molecule has 3 aliphatic carbocycles. The summed E-state index contributed by atoms with van der Waals surface area (Å²) >= 11 is 1.92. The van der Waals surface area contributed by atoms with E-state index in [1.807, 2.05) is 11.3 Å². The van der Waals surface area contributed by atoms with Gasteiger partial charge in [0, 0.05) is 42.2 Å². The quantitative estimate of drug-likeness (QED) is 0.162. The Bertz CT molecular complexity index is 2650. The summed E-state index contributed by atoms with van der Waals surface area (Å²) in [6, 6.07) is 47.5. The molecule has 52 heavy (non-hydrogen) atoms. The number of benzene rings is 5. The highest BCUT2D eigenvalue weighted by Gasteiger charge is 2.42. The molecule has 0 amide bonds. The van der Waals surface area contributed by atoms with Gasteiger partial charge in [-0.3, -0.25) is 0 Å². The molecule has 0 radical (unpaired) electrons. The van der Waals surface area contributed by atoms with Gasteiger partial charge in [0.2, 0.25) is 0 Å². The van der Waals surface area contributed by atoms with E-state index < -0.39 is 10.0 Å². The zero-order valence-electron chi connectivity index (χ0n) is 29.4. The molecule has 7 aromatic rings. The van der Waals surface area contributed by atoms with Gasteiger partial charge in [-0.15, -0.1) is 11.3 Å². The number of rotatable bonds is 6. The fourth-order valence-electron chi connectivity index (χ4n) is 8.95. The Hall–Kier alpha value is -5.09. The minimum absolute atomic E-state index is 0.300. The van der Waals surface area contributed by atoms with Gasteiger partial charge in [-0.2, -0.15) is 10.0 Å². The molecule has 2 aromatic heterocycles. The van der Waals surface area contributed by atoms with Crippen LogP contribution in [0.4, 0.5) is 0 Å². The maximum Gasteiger partial charge on any atom is 0.0537 e. The zero-order valence-corrected chi connectivity index (χ0v) is 31.0. The Morgan fingerprint density at radius 2 is 1.42 bits per heavy atom. The van der Waals surface area contributed by atoms with Crippen LogP contribution in [-0.4, -0.2) is 9.82 Å². The number of fused-ring (bicyclic) bond motifs is 6. The van der Waals surface area contributed by atoms with Gasteiger partial charge in [-0.25, -0.2) is 0 Å². The van der Waals surface area contributed by atoms with E-state index in [4.69, 9.17) is 0 Å². The second-order valence-corrected chi connectivity index (χ2v) is 18.8. The first-order valence-corrected chi connectivity index (χ1v) is 21.1. The Kier molecular flexibility index (Phi) is 7.81. The maximum atomic E-state index is 2.63. The van der Waals surface area contributed by atoms with Crippen molar-refractivity contribution in [1.82, 2.24) is 4.57 Å². The predicted octanol–water partition coefficient (Wildman–Crippen LogP) is 14.0. The standard InChI is InChI=1S/C49H41NS2/c1-34-25-27-39(32-44(34)35-26-29-43-42-22-12-14-24-48(42)51-49(43)31-35)52(37-17-7-3-8-18-37,38-19-9-4-10-20-38)40-28-30-47-45(33-40)41-21-11-13-23-46(41)50(47)36-15-5-2-6-16-36/h2-3,5-9,11-24,26-32,34,40H,4,10,25,33H2,1H3. The van der Waals surface area contributed by atoms with Gasteiger partial charge in [-0.1, -0.05) is 122 Å². The van der Waals surface area contributed by atoms with Gasteiger partial charge < -0.3 is 4.57 Å². The molecule has 1 nitrogen and oxygen atoms in total. The molecule has 0 saturated heterocycles. The number of thiophene rings is 1. The molecule has 3 aliphatic rings. The molecule has 3 atom stereocenters. The predicted molar refractivity (Wildman–Crippen MR) is 228 cm³/mol. The van der Waals surface area contributed by atoms with Crippen molar-refractivity contribution in [2.24, 2.45) is 5.92 Å². The normalized spacial score (nSPS) is 20.3. The van der Waals surface area contributed by atoms with Crippen LogP contribution in [-0.2, 0) is 6.42 Å². The molecule has 5 aromatic carbocycles. The number of aromatic nitrogens is 1. The van der Waals surface area contributed by atoms with Gasteiger partial charge in [0.15, 0.2) is 0 Å². The van der Waals surface area contributed by atoms with Crippen LogP contribution >= 0.6 is 21.4 Å². The van der Waals surface area contributed by atoms with Crippen molar-refractivity contribution in [1.29, 1.82) is 0 Å². The molecule has 3 unspecified atom stereocenters. The van der Waals surface area contributed by atoms with Crippen molar-refractivity contribution in [3.8, 4) is 5.69 Å². The summed E-state index contributed by atoms with van der Waals surface area (Å²) in [6.07, 6.45) is 22.0. The Labute approximate surface area is 312 Å². The van der Waals surface area contributed by atoms with E-state index in [0.29, 0.717) is 11.2 Å². The largest absolute Gasteiger partial charge is 0.310 e. The fraction of sp³-hybridized carbons (Fsp3) is 0.143. The van der Waals surface area contributed by atoms with Crippen molar-refractivity contribution < 1.29 is 0 Å². The summed E-state index contributed by atoms with van der Waals surface area (Å²) in [7, 11) is -1.71. The molecular weight excluding hydrogens is 667 g/mol. The van der Waals surface area contributed by atoms with Gasteiger partial charge in [0.1, 0.15) is 0 Å². The Morgan fingerprint density at radius 1 is 0.673 bits per heavy atom. The van der Waals surface area contributed by atoms with Crippen LogP contribution < -0.4 is 0 Å². The van der Waals surface area contributed by atoms with E-state index in [0.717, 1.165) is 25.7 Å². The highest BCUT2D eigenvalue weighted by atomic mass is 32.3. The van der Waals surface area contributed by atoms with Crippen LogP contribution in [0.2, 0.25) is 0 Å². The van der Waals surface area contributed by atoms with E-state index in [2.05, 4.69) is 181 Å². The molecular formula is C49H41NS2. The SMILES string of the molecule is CC1CC=C(S(C2=CCCC=C2)(c2ccccc2)C2C=Cc3c(c4ccccc4n3-c3ccccc3)C2)C=C1c1ccc2c(c1)sc1ccccc12. The average Bonchev–Trinajstić information content (AvgIpc) is 3.75. The van der Waals surface area contributed by atoms with E-state index in [-0.39, 0.29) is 0 Å². The molecule has 254 valence electrons. The zero-order chi connectivity index (χ0) is 34.6. The molecule has 0 N–H and O–H groups in total. The number of para-hydroxylation sites is 2. The first-order valence-electron chi connectivity index (χ1n) is 18.6. The van der Waals surface area contributed by atoms with E-state index in [9.17, 15) is 0 Å². The topological polar surface area (TPSA) is 4.93 Å². The lowest BCUT2D eigenvalue weighted by Gasteiger charge is -2.50. The van der Waals surface area contributed by atoms with Crippen LogP contribution in [0.1, 0.15) is 43.0 Å². The van der Waals surface area contributed by atoms with Crippen LogP contribution in [0.5, 0.6) is 0 Å². The van der Waals surface area contributed by atoms with Crippen LogP contribution in [0.3, 0.4) is 0 Å². The number of nitrogens with zero attached hydrogens (tertiary/aromatic N) is 1. The summed E-state index contributed by atoms with van der Waals surface area (Å²) in [5, 5.41) is 4.39. The summed E-state index contributed by atoms with van der Waals surface area (Å²) in [4.78, 5) is 4.46.